The van der Waals surface area contributed by atoms with Gasteiger partial charge in [0, 0.05) is 18.3 Å². The lowest BCUT2D eigenvalue weighted by atomic mass is 9.94. The molecule has 0 amide bonds. The van der Waals surface area contributed by atoms with Crippen LogP contribution in [0.1, 0.15) is 29.2 Å². The van der Waals surface area contributed by atoms with Gasteiger partial charge in [-0.2, -0.15) is 0 Å². The lowest BCUT2D eigenvalue weighted by molar-refractivity contribution is -0.139. The van der Waals surface area contributed by atoms with E-state index in [9.17, 15) is 4.79 Å². The average Bonchev–Trinajstić information content (AvgIpc) is 3.16. The number of rotatable bonds is 4. The molecular weight excluding hydrogens is 374 g/mol. The highest BCUT2D eigenvalue weighted by Gasteiger charge is 2.20. The minimum atomic E-state index is -1.06. The zero-order valence-electron chi connectivity index (χ0n) is 16.2. The lowest BCUT2D eigenvalue weighted by Gasteiger charge is -2.17. The van der Waals surface area contributed by atoms with Crippen molar-refractivity contribution in [3.8, 4) is 23.0 Å². The molecule has 150 valence electrons. The third-order valence-electron chi connectivity index (χ3n) is 4.88. The first-order chi connectivity index (χ1) is 14.1. The van der Waals surface area contributed by atoms with E-state index < -0.39 is 12.6 Å². The zero-order valence-corrected chi connectivity index (χ0v) is 16.2. The fraction of sp³-hybridized carbons (Fsp3) is 0.273. The van der Waals surface area contributed by atoms with Crippen molar-refractivity contribution in [2.24, 2.45) is 4.99 Å². The largest absolute Gasteiger partial charge is 0.493 e. The molecule has 0 fully saturated rings. The summed E-state index contributed by atoms with van der Waals surface area (Å²) in [6, 6.07) is 7.69. The first-order valence-corrected chi connectivity index (χ1v) is 9.23. The van der Waals surface area contributed by atoms with Crippen molar-refractivity contribution >= 4 is 23.8 Å². The number of ether oxygens (including phenoxy) is 4. The monoisotopic (exact) mass is 395 g/mol. The number of methoxy groups -OCH3 is 1. The number of hydrogen-bond acceptors (Lipinski definition) is 6. The quantitative estimate of drug-likeness (QED) is 0.854. The van der Waals surface area contributed by atoms with Gasteiger partial charge in [0.1, 0.15) is 0 Å². The fourth-order valence-corrected chi connectivity index (χ4v) is 3.51. The number of benzene rings is 2. The molecule has 0 aromatic heterocycles. The second kappa shape index (κ2) is 7.87. The zero-order chi connectivity index (χ0) is 20.4. The number of hydrogen-bond donors (Lipinski definition) is 1. The Morgan fingerprint density at radius 2 is 2.03 bits per heavy atom. The Morgan fingerprint density at radius 1 is 1.24 bits per heavy atom. The standard InChI is InChI=1S/C22H21NO6/c1-13-7-14-3-4-18(26-2)22(27-11-21(24)25)17(14)10-23-6-5-15-8-19-20(9-16(13)15)29-12-28-19/h3-4,7-10H,5-6,11-12H2,1-2H3,(H,24,25)/b13-7+,23-10+. The van der Waals surface area contributed by atoms with Gasteiger partial charge < -0.3 is 24.1 Å². The third kappa shape index (κ3) is 3.76. The third-order valence-corrected chi connectivity index (χ3v) is 4.88. The maximum atomic E-state index is 11.0. The molecule has 2 aromatic rings. The summed E-state index contributed by atoms with van der Waals surface area (Å²) in [6.07, 6.45) is 4.48. The lowest BCUT2D eigenvalue weighted by Crippen LogP contribution is -2.12. The van der Waals surface area contributed by atoms with Crippen LogP contribution in [0.25, 0.3) is 11.6 Å². The number of nitrogens with zero attached hydrogens (tertiary/aromatic N) is 1. The SMILES string of the molecule is COc1ccc2c(c1OCC(=O)O)/C=N/CCc1cc3c(cc1/C(C)=C/2)OCO3. The Balaban J connectivity index is 1.84. The number of allylic oxidation sites excluding steroid dienone is 1. The fourth-order valence-electron chi connectivity index (χ4n) is 3.51. The number of aliphatic imine (C=N–C) groups is 1. The molecule has 0 saturated heterocycles. The molecule has 0 bridgehead atoms. The minimum Gasteiger partial charge on any atom is -0.493 e. The molecule has 0 spiro atoms. The summed E-state index contributed by atoms with van der Waals surface area (Å²) in [6.45, 7) is 2.36. The van der Waals surface area contributed by atoms with Crippen LogP contribution in [0.3, 0.4) is 0 Å². The van der Waals surface area contributed by atoms with Crippen molar-refractivity contribution in [3.63, 3.8) is 0 Å². The molecule has 0 unspecified atom stereocenters. The van der Waals surface area contributed by atoms with Crippen molar-refractivity contribution in [1.29, 1.82) is 0 Å². The van der Waals surface area contributed by atoms with Crippen molar-refractivity contribution < 1.29 is 28.8 Å². The summed E-state index contributed by atoms with van der Waals surface area (Å²) >= 11 is 0. The van der Waals surface area contributed by atoms with E-state index in [1.165, 1.54) is 7.11 Å². The summed E-state index contributed by atoms with van der Waals surface area (Å²) in [5, 5.41) is 9.02. The van der Waals surface area contributed by atoms with Crippen LogP contribution in [0.4, 0.5) is 0 Å². The normalized spacial score (nSPS) is 17.4. The molecule has 0 atom stereocenters. The van der Waals surface area contributed by atoms with Crippen LogP contribution >= 0.6 is 0 Å². The molecule has 7 nitrogen and oxygen atoms in total. The maximum Gasteiger partial charge on any atom is 0.341 e. The molecule has 2 aliphatic heterocycles. The van der Waals surface area contributed by atoms with Gasteiger partial charge in [-0.15, -0.1) is 0 Å². The summed E-state index contributed by atoms with van der Waals surface area (Å²) in [7, 11) is 1.52. The first-order valence-electron chi connectivity index (χ1n) is 9.23. The van der Waals surface area contributed by atoms with Crippen LogP contribution in [0.15, 0.2) is 29.3 Å². The number of carboxylic acid groups (broad SMARTS) is 1. The predicted octanol–water partition coefficient (Wildman–Crippen LogP) is 3.42. The maximum absolute atomic E-state index is 11.0. The molecule has 0 radical (unpaired) electrons. The Hall–Kier alpha value is -3.48. The molecule has 2 aliphatic rings. The Labute approximate surface area is 168 Å². The van der Waals surface area contributed by atoms with Gasteiger partial charge >= 0.3 is 5.97 Å². The van der Waals surface area contributed by atoms with Crippen molar-refractivity contribution in [1.82, 2.24) is 0 Å². The molecular formula is C22H21NO6. The Kier molecular flexibility index (Phi) is 5.12. The Morgan fingerprint density at radius 3 is 2.79 bits per heavy atom. The van der Waals surface area contributed by atoms with Crippen LogP contribution in [0.5, 0.6) is 23.0 Å². The van der Waals surface area contributed by atoms with Gasteiger partial charge in [-0.25, -0.2) is 4.79 Å². The van der Waals surface area contributed by atoms with Crippen molar-refractivity contribution in [2.45, 2.75) is 13.3 Å². The van der Waals surface area contributed by atoms with Crippen LogP contribution in [-0.2, 0) is 11.2 Å². The average molecular weight is 395 g/mol. The van der Waals surface area contributed by atoms with Crippen molar-refractivity contribution in [2.75, 3.05) is 27.1 Å². The van der Waals surface area contributed by atoms with Crippen LogP contribution in [0, 0.1) is 0 Å². The van der Waals surface area contributed by atoms with Gasteiger partial charge in [0.15, 0.2) is 29.6 Å². The molecule has 4 rings (SSSR count). The van der Waals surface area contributed by atoms with Gasteiger partial charge in [-0.3, -0.25) is 4.99 Å². The van der Waals surface area contributed by atoms with E-state index >= 15 is 0 Å². The first kappa shape index (κ1) is 18.9. The van der Waals surface area contributed by atoms with Crippen molar-refractivity contribution in [3.05, 3.63) is 46.5 Å². The highest BCUT2D eigenvalue weighted by molar-refractivity contribution is 5.95. The van der Waals surface area contributed by atoms with Crippen LogP contribution in [-0.4, -0.2) is 44.3 Å². The molecule has 7 heteroatoms. The van der Waals surface area contributed by atoms with E-state index in [2.05, 4.69) is 4.99 Å². The summed E-state index contributed by atoms with van der Waals surface area (Å²) in [5.74, 6) is 1.26. The predicted molar refractivity (Wildman–Crippen MR) is 108 cm³/mol. The van der Waals surface area contributed by atoms with Crippen LogP contribution in [0.2, 0.25) is 0 Å². The summed E-state index contributed by atoms with van der Waals surface area (Å²) in [5.41, 5.74) is 4.80. The Bertz CT molecular complexity index is 1020. The summed E-state index contributed by atoms with van der Waals surface area (Å²) < 4.78 is 22.0. The minimum absolute atomic E-state index is 0.228. The van der Waals surface area contributed by atoms with Crippen LogP contribution < -0.4 is 18.9 Å². The second-order valence-corrected chi connectivity index (χ2v) is 6.76. The van der Waals surface area contributed by atoms with Gasteiger partial charge in [0.25, 0.3) is 0 Å². The summed E-state index contributed by atoms with van der Waals surface area (Å²) in [4.78, 5) is 15.6. The van der Waals surface area contributed by atoms with E-state index in [0.29, 0.717) is 23.6 Å². The molecule has 29 heavy (non-hydrogen) atoms. The number of carbonyl (C=O) groups is 1. The highest BCUT2D eigenvalue weighted by atomic mass is 16.7. The van der Waals surface area contributed by atoms with Gasteiger partial charge in [0.05, 0.1) is 7.11 Å². The van der Waals surface area contributed by atoms with Gasteiger partial charge in [-0.1, -0.05) is 12.1 Å². The molecule has 0 saturated carbocycles. The smallest absolute Gasteiger partial charge is 0.341 e. The number of fused-ring (bicyclic) bond motifs is 3. The van der Waals surface area contributed by atoms with E-state index in [1.807, 2.05) is 31.2 Å². The highest BCUT2D eigenvalue weighted by Crippen LogP contribution is 2.39. The van der Waals surface area contributed by atoms with Gasteiger partial charge in [0.2, 0.25) is 6.79 Å². The number of carboxylic acids is 1. The topological polar surface area (TPSA) is 86.6 Å². The van der Waals surface area contributed by atoms with Gasteiger partial charge in [-0.05, 0) is 53.8 Å². The van der Waals surface area contributed by atoms with E-state index in [1.54, 1.807) is 12.3 Å². The number of aliphatic carboxylic acids is 1. The van der Waals surface area contributed by atoms with E-state index in [-0.39, 0.29) is 6.79 Å². The molecule has 2 heterocycles. The molecule has 0 aliphatic carbocycles. The second-order valence-electron chi connectivity index (χ2n) is 6.76. The van der Waals surface area contributed by atoms with E-state index in [0.717, 1.165) is 40.2 Å². The van der Waals surface area contributed by atoms with E-state index in [4.69, 9.17) is 24.1 Å². The molecule has 2 aromatic carbocycles. The molecule has 1 N–H and O–H groups in total.